The molecule has 1 N–H and O–H groups in total. The predicted molar refractivity (Wildman–Crippen MR) is 76.3 cm³/mol. The van der Waals surface area contributed by atoms with Gasteiger partial charge in [-0.2, -0.15) is 0 Å². The Morgan fingerprint density at radius 2 is 2.20 bits per heavy atom. The monoisotopic (exact) mass is 334 g/mol. The maximum atomic E-state index is 12.0. The van der Waals surface area contributed by atoms with Gasteiger partial charge in [-0.25, -0.2) is 0 Å². The van der Waals surface area contributed by atoms with Gasteiger partial charge < -0.3 is 14.3 Å². The summed E-state index contributed by atoms with van der Waals surface area (Å²) in [6.45, 7) is 2.10. The van der Waals surface area contributed by atoms with Gasteiger partial charge >= 0.3 is 0 Å². The van der Waals surface area contributed by atoms with Gasteiger partial charge in [-0.1, -0.05) is 21.1 Å². The molecule has 0 radical (unpaired) electrons. The van der Waals surface area contributed by atoms with E-state index in [0.29, 0.717) is 23.6 Å². The maximum absolute atomic E-state index is 12.0. The van der Waals surface area contributed by atoms with Gasteiger partial charge in [0, 0.05) is 15.9 Å². The number of carbonyl (C=O) groups is 1. The number of aromatic nitrogens is 1. The summed E-state index contributed by atoms with van der Waals surface area (Å²) >= 11 is 3.38. The average Bonchev–Trinajstić information content (AvgIpc) is 3.01. The van der Waals surface area contributed by atoms with Crippen LogP contribution in [0.25, 0.3) is 11.0 Å². The molecule has 20 heavy (non-hydrogen) atoms. The van der Waals surface area contributed by atoms with Crippen LogP contribution >= 0.6 is 15.9 Å². The number of fused-ring (bicyclic) bond motifs is 1. The van der Waals surface area contributed by atoms with Crippen molar-refractivity contribution in [1.29, 1.82) is 0 Å². The van der Waals surface area contributed by atoms with Crippen molar-refractivity contribution in [2.45, 2.75) is 13.5 Å². The molecule has 0 saturated heterocycles. The van der Waals surface area contributed by atoms with Crippen molar-refractivity contribution in [2.75, 3.05) is 0 Å². The van der Waals surface area contributed by atoms with Gasteiger partial charge in [0.2, 0.25) is 0 Å². The van der Waals surface area contributed by atoms with Crippen LogP contribution in [0.4, 0.5) is 0 Å². The summed E-state index contributed by atoms with van der Waals surface area (Å²) < 4.78 is 11.4. The van der Waals surface area contributed by atoms with E-state index in [0.717, 1.165) is 9.86 Å². The van der Waals surface area contributed by atoms with Crippen molar-refractivity contribution in [3.63, 3.8) is 0 Å². The van der Waals surface area contributed by atoms with Crippen LogP contribution in [0.5, 0.6) is 0 Å². The first-order valence-electron chi connectivity index (χ1n) is 6.01. The average molecular weight is 335 g/mol. The molecule has 102 valence electrons. The van der Waals surface area contributed by atoms with Crippen LogP contribution in [0.3, 0.4) is 0 Å². The van der Waals surface area contributed by atoms with E-state index < -0.39 is 0 Å². The van der Waals surface area contributed by atoms with Gasteiger partial charge in [-0.05, 0) is 31.2 Å². The summed E-state index contributed by atoms with van der Waals surface area (Å²) in [6, 6.07) is 9.07. The molecule has 0 unspecified atom stereocenters. The van der Waals surface area contributed by atoms with E-state index in [1.165, 1.54) is 0 Å². The largest absolute Gasteiger partial charge is 0.451 e. The third-order valence-corrected chi connectivity index (χ3v) is 3.30. The van der Waals surface area contributed by atoms with E-state index in [2.05, 4.69) is 26.4 Å². The third kappa shape index (κ3) is 2.60. The van der Waals surface area contributed by atoms with Gasteiger partial charge in [0.05, 0.1) is 6.54 Å². The van der Waals surface area contributed by atoms with E-state index in [1.807, 2.05) is 18.2 Å². The lowest BCUT2D eigenvalue weighted by molar-refractivity contribution is 0.0924. The highest BCUT2D eigenvalue weighted by molar-refractivity contribution is 9.10. The molecule has 1 aromatic carbocycles. The van der Waals surface area contributed by atoms with E-state index in [9.17, 15) is 4.79 Å². The fourth-order valence-corrected chi connectivity index (χ4v) is 2.26. The molecule has 0 aliphatic carbocycles. The van der Waals surface area contributed by atoms with Crippen LogP contribution < -0.4 is 5.32 Å². The minimum absolute atomic E-state index is 0.276. The Morgan fingerprint density at radius 1 is 1.35 bits per heavy atom. The van der Waals surface area contributed by atoms with Crippen molar-refractivity contribution < 1.29 is 13.7 Å². The SMILES string of the molecule is Cc1cc(CNC(=O)c2cc3cc(Br)ccc3o2)no1. The summed E-state index contributed by atoms with van der Waals surface area (Å²) in [6.07, 6.45) is 0. The quantitative estimate of drug-likeness (QED) is 0.796. The van der Waals surface area contributed by atoms with Crippen LogP contribution in [0.15, 0.2) is 43.7 Å². The van der Waals surface area contributed by atoms with Crippen molar-refractivity contribution in [1.82, 2.24) is 10.5 Å². The lowest BCUT2D eigenvalue weighted by Gasteiger charge is -1.98. The second-order valence-corrected chi connectivity index (χ2v) is 5.32. The number of furan rings is 1. The van der Waals surface area contributed by atoms with Gasteiger partial charge in [0.1, 0.15) is 17.0 Å². The second-order valence-electron chi connectivity index (χ2n) is 4.40. The zero-order chi connectivity index (χ0) is 14.1. The Kier molecular flexibility index (Phi) is 3.31. The third-order valence-electron chi connectivity index (χ3n) is 2.81. The van der Waals surface area contributed by atoms with Crippen molar-refractivity contribution in [2.24, 2.45) is 0 Å². The molecule has 0 aliphatic heterocycles. The molecule has 0 bridgehead atoms. The Morgan fingerprint density at radius 3 is 2.95 bits per heavy atom. The molecule has 0 spiro atoms. The minimum Gasteiger partial charge on any atom is -0.451 e. The van der Waals surface area contributed by atoms with E-state index in [-0.39, 0.29) is 11.7 Å². The van der Waals surface area contributed by atoms with Crippen LogP contribution in [0, 0.1) is 6.92 Å². The predicted octanol–water partition coefficient (Wildman–Crippen LogP) is 3.42. The zero-order valence-electron chi connectivity index (χ0n) is 10.6. The summed E-state index contributed by atoms with van der Waals surface area (Å²) in [4.78, 5) is 12.0. The van der Waals surface area contributed by atoms with Crippen molar-refractivity contribution >= 4 is 32.8 Å². The minimum atomic E-state index is -0.280. The standard InChI is InChI=1S/C14H11BrN2O3/c1-8-4-11(17-20-8)7-16-14(18)13-6-9-5-10(15)2-3-12(9)19-13/h2-6H,7H2,1H3,(H,16,18). The van der Waals surface area contributed by atoms with Gasteiger partial charge in [-0.15, -0.1) is 0 Å². The highest BCUT2D eigenvalue weighted by atomic mass is 79.9. The lowest BCUT2D eigenvalue weighted by atomic mass is 10.2. The Hall–Kier alpha value is -2.08. The molecule has 2 heterocycles. The topological polar surface area (TPSA) is 68.3 Å². The molecular weight excluding hydrogens is 324 g/mol. The smallest absolute Gasteiger partial charge is 0.287 e. The number of amides is 1. The summed E-state index contributed by atoms with van der Waals surface area (Å²) in [5.74, 6) is 0.708. The number of hydrogen-bond acceptors (Lipinski definition) is 4. The van der Waals surface area contributed by atoms with Crippen LogP contribution in [-0.2, 0) is 6.54 Å². The van der Waals surface area contributed by atoms with Gasteiger partial charge in [0.25, 0.3) is 5.91 Å². The molecular formula is C14H11BrN2O3. The molecule has 5 nitrogen and oxygen atoms in total. The first-order valence-corrected chi connectivity index (χ1v) is 6.80. The number of aryl methyl sites for hydroxylation is 1. The summed E-state index contributed by atoms with van der Waals surface area (Å²) in [7, 11) is 0. The summed E-state index contributed by atoms with van der Waals surface area (Å²) in [5.41, 5.74) is 1.35. The zero-order valence-corrected chi connectivity index (χ0v) is 12.2. The molecule has 3 aromatic rings. The van der Waals surface area contributed by atoms with Gasteiger partial charge in [0.15, 0.2) is 5.76 Å². The normalized spacial score (nSPS) is 10.9. The molecule has 0 aliphatic rings. The molecule has 0 fully saturated rings. The lowest BCUT2D eigenvalue weighted by Crippen LogP contribution is -2.22. The maximum Gasteiger partial charge on any atom is 0.287 e. The number of rotatable bonds is 3. The summed E-state index contributed by atoms with van der Waals surface area (Å²) in [5, 5.41) is 7.42. The first kappa shape index (κ1) is 12.9. The van der Waals surface area contributed by atoms with E-state index in [4.69, 9.17) is 8.94 Å². The fourth-order valence-electron chi connectivity index (χ4n) is 1.89. The second kappa shape index (κ2) is 5.13. The number of nitrogens with zero attached hydrogens (tertiary/aromatic N) is 1. The Labute approximate surface area is 123 Å². The molecule has 3 rings (SSSR count). The molecule has 0 atom stereocenters. The number of benzene rings is 1. The Bertz CT molecular complexity index is 776. The molecule has 2 aromatic heterocycles. The van der Waals surface area contributed by atoms with Crippen LogP contribution in [0.2, 0.25) is 0 Å². The number of nitrogens with one attached hydrogen (secondary N) is 1. The highest BCUT2D eigenvalue weighted by Crippen LogP contribution is 2.23. The van der Waals surface area contributed by atoms with Gasteiger partial charge in [-0.3, -0.25) is 4.79 Å². The van der Waals surface area contributed by atoms with Crippen LogP contribution in [0.1, 0.15) is 22.0 Å². The van der Waals surface area contributed by atoms with E-state index in [1.54, 1.807) is 19.1 Å². The van der Waals surface area contributed by atoms with Crippen molar-refractivity contribution in [3.05, 3.63) is 52.0 Å². The number of halogens is 1. The molecule has 6 heteroatoms. The number of hydrogen-bond donors (Lipinski definition) is 1. The Balaban J connectivity index is 1.75. The fraction of sp³-hybridized carbons (Fsp3) is 0.143. The first-order chi connectivity index (χ1) is 9.61. The molecule has 1 amide bonds. The van der Waals surface area contributed by atoms with Crippen molar-refractivity contribution in [3.8, 4) is 0 Å². The molecule has 0 saturated carbocycles. The van der Waals surface area contributed by atoms with Crippen LogP contribution in [-0.4, -0.2) is 11.1 Å². The number of carbonyl (C=O) groups excluding carboxylic acids is 1. The van der Waals surface area contributed by atoms with E-state index >= 15 is 0 Å². The highest BCUT2D eigenvalue weighted by Gasteiger charge is 2.13.